The third-order valence-electron chi connectivity index (χ3n) is 4.46. The Bertz CT molecular complexity index is 1140. The van der Waals surface area contributed by atoms with E-state index in [1.54, 1.807) is 24.3 Å². The third-order valence-corrected chi connectivity index (χ3v) is 4.81. The molecule has 3 N–H and O–H groups in total. The number of nitrogens with one attached hydrogen (secondary N) is 1. The highest BCUT2D eigenvalue weighted by atomic mass is 32.2. The van der Waals surface area contributed by atoms with Crippen LogP contribution < -0.4 is 11.1 Å². The number of allylic oxidation sites excluding steroid dienone is 1. The first kappa shape index (κ1) is 21.4. The second-order valence-electron chi connectivity index (χ2n) is 6.65. The molecule has 0 aliphatic heterocycles. The zero-order chi connectivity index (χ0) is 21.9. The molecule has 0 bridgehead atoms. The van der Waals surface area contributed by atoms with E-state index in [1.807, 2.05) is 12.1 Å². The highest BCUT2D eigenvalue weighted by molar-refractivity contribution is 7.85. The van der Waals surface area contributed by atoms with Crippen molar-refractivity contribution in [2.45, 2.75) is 19.3 Å². The predicted octanol–water partition coefficient (Wildman–Crippen LogP) is 2.64. The predicted molar refractivity (Wildman–Crippen MR) is 108 cm³/mol. The number of hydrogen-bond acceptors (Lipinski definition) is 5. The zero-order valence-electron chi connectivity index (χ0n) is 15.9. The number of amides is 1. The summed E-state index contributed by atoms with van der Waals surface area (Å²) in [4.78, 5) is 12.4. The van der Waals surface area contributed by atoms with Crippen LogP contribution in [0.4, 0.5) is 8.78 Å². The Labute approximate surface area is 172 Å². The third kappa shape index (κ3) is 5.01. The van der Waals surface area contributed by atoms with Crippen molar-refractivity contribution in [2.75, 3.05) is 6.26 Å². The number of hydrogen-bond donors (Lipinski definition) is 2. The molecule has 2 aromatic carbocycles. The second-order valence-corrected chi connectivity index (χ2v) is 8.21. The summed E-state index contributed by atoms with van der Waals surface area (Å²) in [6, 6.07) is 13.5. The van der Waals surface area contributed by atoms with E-state index in [-0.39, 0.29) is 17.6 Å². The quantitative estimate of drug-likeness (QED) is 0.426. The van der Waals surface area contributed by atoms with Gasteiger partial charge in [-0.2, -0.15) is 8.42 Å². The molecule has 0 heterocycles. The average Bonchev–Trinajstić information content (AvgIpc) is 2.71. The number of fused-ring (bicyclic) bond motifs is 1. The molecular weight excluding hydrogens is 416 g/mol. The number of aryl methyl sites for hydroxylation is 1. The Morgan fingerprint density at radius 3 is 2.60 bits per heavy atom. The molecule has 1 aliphatic rings. The summed E-state index contributed by atoms with van der Waals surface area (Å²) in [6.45, 7) is 0. The number of carbonyl (C=O) groups is 1. The van der Waals surface area contributed by atoms with Crippen molar-refractivity contribution in [3.8, 4) is 0 Å². The second kappa shape index (κ2) is 8.62. The normalized spacial score (nSPS) is 14.5. The van der Waals surface area contributed by atoms with Crippen molar-refractivity contribution in [3.63, 3.8) is 0 Å². The number of guanidine groups is 1. The first-order valence-electron chi connectivity index (χ1n) is 8.89. The fraction of sp³-hybridized carbons (Fsp3) is 0.200. The summed E-state index contributed by atoms with van der Waals surface area (Å²) in [7, 11) is -3.88. The van der Waals surface area contributed by atoms with Crippen molar-refractivity contribution in [2.24, 2.45) is 10.9 Å². The number of nitrogens with two attached hydrogens (primary N) is 1. The lowest BCUT2D eigenvalue weighted by molar-refractivity contribution is 0.0975. The van der Waals surface area contributed by atoms with Gasteiger partial charge in [-0.25, -0.2) is 8.78 Å². The Morgan fingerprint density at radius 1 is 1.17 bits per heavy atom. The van der Waals surface area contributed by atoms with Gasteiger partial charge in [0.1, 0.15) is 0 Å². The minimum atomic E-state index is -3.88. The molecule has 1 aliphatic carbocycles. The molecule has 0 atom stereocenters. The molecule has 10 heteroatoms. The van der Waals surface area contributed by atoms with Crippen molar-refractivity contribution < 1.29 is 26.3 Å². The molecule has 1 amide bonds. The molecule has 0 fully saturated rings. The SMILES string of the molecule is CS(=O)(=O)ON=C(N)NC(=O)c1cccc(C2=C(C(F)F)CCc3ccccc32)c1. The van der Waals surface area contributed by atoms with Gasteiger partial charge in [-0.1, -0.05) is 36.4 Å². The van der Waals surface area contributed by atoms with Crippen LogP contribution in [0, 0.1) is 0 Å². The van der Waals surface area contributed by atoms with Crippen LogP contribution in [0.5, 0.6) is 0 Å². The molecule has 0 saturated carbocycles. The lowest BCUT2D eigenvalue weighted by Crippen LogP contribution is -2.37. The number of oxime groups is 1. The first-order chi connectivity index (χ1) is 14.2. The Hall–Kier alpha value is -3.27. The van der Waals surface area contributed by atoms with E-state index in [4.69, 9.17) is 5.73 Å². The number of carbonyl (C=O) groups excluding carboxylic acids is 1. The van der Waals surface area contributed by atoms with Gasteiger partial charge in [-0.15, -0.1) is 0 Å². The topological polar surface area (TPSA) is 111 Å². The summed E-state index contributed by atoms with van der Waals surface area (Å²) in [5.41, 5.74) is 8.14. The molecule has 158 valence electrons. The fourth-order valence-corrected chi connectivity index (χ4v) is 3.46. The molecule has 7 nitrogen and oxygen atoms in total. The lowest BCUT2D eigenvalue weighted by Gasteiger charge is -2.24. The number of halogens is 2. The monoisotopic (exact) mass is 435 g/mol. The van der Waals surface area contributed by atoms with Gasteiger partial charge in [0.15, 0.2) is 0 Å². The smallest absolute Gasteiger partial charge is 0.325 e. The van der Waals surface area contributed by atoms with E-state index in [1.165, 1.54) is 12.1 Å². The Morgan fingerprint density at radius 2 is 1.90 bits per heavy atom. The number of benzene rings is 2. The van der Waals surface area contributed by atoms with Crippen LogP contribution in [0.25, 0.3) is 5.57 Å². The maximum Gasteiger partial charge on any atom is 0.325 e. The van der Waals surface area contributed by atoms with Gasteiger partial charge in [0.05, 0.1) is 6.26 Å². The average molecular weight is 435 g/mol. The zero-order valence-corrected chi connectivity index (χ0v) is 16.7. The highest BCUT2D eigenvalue weighted by Crippen LogP contribution is 2.38. The molecule has 0 unspecified atom stereocenters. The molecule has 0 saturated heterocycles. The Kier molecular flexibility index (Phi) is 6.16. The summed E-state index contributed by atoms with van der Waals surface area (Å²) in [5, 5.41) is 5.29. The van der Waals surface area contributed by atoms with E-state index in [9.17, 15) is 22.0 Å². The largest absolute Gasteiger partial charge is 0.367 e. The standard InChI is InChI=1S/C20H19F2N3O4S/c1-30(27,28)29-25-20(23)24-19(26)14-7-4-6-13(11-14)17-15-8-3-2-5-12(15)9-10-16(17)18(21)22/h2-8,11,18H,9-10H2,1H3,(H3,23,24,25,26). The molecule has 2 aromatic rings. The number of rotatable bonds is 5. The van der Waals surface area contributed by atoms with Crippen LogP contribution in [0.3, 0.4) is 0 Å². The maximum atomic E-state index is 13.7. The lowest BCUT2D eigenvalue weighted by atomic mass is 9.82. The molecule has 0 radical (unpaired) electrons. The van der Waals surface area contributed by atoms with Gasteiger partial charge in [-0.3, -0.25) is 14.4 Å². The summed E-state index contributed by atoms with van der Waals surface area (Å²) in [5.74, 6) is -1.26. The maximum absolute atomic E-state index is 13.7. The van der Waals surface area contributed by atoms with Gasteiger partial charge in [0.2, 0.25) is 5.96 Å². The van der Waals surface area contributed by atoms with Crippen LogP contribution in [0.15, 0.2) is 59.3 Å². The highest BCUT2D eigenvalue weighted by Gasteiger charge is 2.25. The van der Waals surface area contributed by atoms with Crippen molar-refractivity contribution in [3.05, 3.63) is 76.4 Å². The minimum Gasteiger partial charge on any atom is -0.367 e. The Balaban J connectivity index is 1.95. The van der Waals surface area contributed by atoms with Gasteiger partial charge < -0.3 is 5.73 Å². The molecule has 0 spiro atoms. The number of nitrogens with zero attached hydrogens (tertiary/aromatic N) is 1. The van der Waals surface area contributed by atoms with Crippen LogP contribution in [0.1, 0.15) is 33.5 Å². The first-order valence-corrected chi connectivity index (χ1v) is 10.7. The van der Waals surface area contributed by atoms with Crippen molar-refractivity contribution >= 4 is 27.6 Å². The van der Waals surface area contributed by atoms with Gasteiger partial charge in [0, 0.05) is 11.1 Å². The molecule has 30 heavy (non-hydrogen) atoms. The summed E-state index contributed by atoms with van der Waals surface area (Å²) in [6.07, 6.45) is -1.11. The van der Waals surface area contributed by atoms with E-state index in [0.29, 0.717) is 23.1 Å². The molecule has 0 aromatic heterocycles. The van der Waals surface area contributed by atoms with Crippen molar-refractivity contribution in [1.29, 1.82) is 0 Å². The van der Waals surface area contributed by atoms with E-state index < -0.39 is 28.4 Å². The van der Waals surface area contributed by atoms with E-state index in [0.717, 1.165) is 11.8 Å². The summed E-state index contributed by atoms with van der Waals surface area (Å²) >= 11 is 0. The van der Waals surface area contributed by atoms with Crippen LogP contribution in [0.2, 0.25) is 0 Å². The van der Waals surface area contributed by atoms with Crippen molar-refractivity contribution in [1.82, 2.24) is 5.32 Å². The summed E-state index contributed by atoms with van der Waals surface area (Å²) < 4.78 is 53.5. The van der Waals surface area contributed by atoms with Gasteiger partial charge >= 0.3 is 10.1 Å². The van der Waals surface area contributed by atoms with Gasteiger partial charge in [-0.05, 0) is 52.4 Å². The molecule has 3 rings (SSSR count). The number of alkyl halides is 2. The van der Waals surface area contributed by atoms with Crippen LogP contribution >= 0.6 is 0 Å². The van der Waals surface area contributed by atoms with Crippen LogP contribution in [-0.4, -0.2) is 33.0 Å². The fourth-order valence-electron chi connectivity index (χ4n) is 3.24. The van der Waals surface area contributed by atoms with E-state index >= 15 is 0 Å². The van der Waals surface area contributed by atoms with Gasteiger partial charge in [0.25, 0.3) is 12.3 Å². The minimum absolute atomic E-state index is 0.0221. The molecular formula is C20H19F2N3O4S. The van der Waals surface area contributed by atoms with E-state index in [2.05, 4.69) is 14.8 Å². The van der Waals surface area contributed by atoms with Crippen LogP contribution in [-0.2, 0) is 20.8 Å².